The lowest BCUT2D eigenvalue weighted by molar-refractivity contribution is 0.194. The molecule has 82 valence electrons. The van der Waals surface area contributed by atoms with Crippen LogP contribution < -0.4 is 4.74 Å². The summed E-state index contributed by atoms with van der Waals surface area (Å²) in [6.45, 7) is 5.39. The van der Waals surface area contributed by atoms with E-state index in [1.807, 2.05) is 0 Å². The fourth-order valence-electron chi connectivity index (χ4n) is 1.10. The van der Waals surface area contributed by atoms with Crippen LogP contribution in [-0.2, 0) is 0 Å². The van der Waals surface area contributed by atoms with Crippen LogP contribution in [0.15, 0.2) is 29.3 Å². The Morgan fingerprint density at radius 2 is 2.33 bits per heavy atom. The molecule has 0 fully saturated rings. The Kier molecular flexibility index (Phi) is 4.29. The Hall–Kier alpha value is -0.870. The molecular formula is C11H12BrFO2. The van der Waals surface area contributed by atoms with Crippen LogP contribution in [0, 0.1) is 5.82 Å². The minimum atomic E-state index is -0.815. The lowest BCUT2D eigenvalue weighted by Gasteiger charge is -2.09. The van der Waals surface area contributed by atoms with Crippen LogP contribution in [0.3, 0.4) is 0 Å². The van der Waals surface area contributed by atoms with Crippen LogP contribution in [0.25, 0.3) is 0 Å². The Morgan fingerprint density at radius 1 is 1.67 bits per heavy atom. The zero-order chi connectivity index (χ0) is 11.4. The van der Waals surface area contributed by atoms with Gasteiger partial charge >= 0.3 is 0 Å². The van der Waals surface area contributed by atoms with Crippen LogP contribution in [0.2, 0.25) is 0 Å². The smallest absolute Gasteiger partial charge is 0.132 e. The van der Waals surface area contributed by atoms with E-state index in [0.29, 0.717) is 10.2 Å². The highest BCUT2D eigenvalue weighted by atomic mass is 79.9. The molecule has 0 aliphatic carbocycles. The number of rotatable bonds is 4. The fraction of sp³-hybridized carbons (Fsp3) is 0.273. The van der Waals surface area contributed by atoms with Gasteiger partial charge in [0.05, 0.1) is 6.10 Å². The van der Waals surface area contributed by atoms with Crippen molar-refractivity contribution >= 4 is 15.9 Å². The van der Waals surface area contributed by atoms with Gasteiger partial charge in [0.15, 0.2) is 0 Å². The molecule has 0 unspecified atom stereocenters. The normalized spacial score (nSPS) is 12.3. The van der Waals surface area contributed by atoms with E-state index >= 15 is 0 Å². The summed E-state index contributed by atoms with van der Waals surface area (Å²) in [5.74, 6) is -0.0554. The maximum atomic E-state index is 13.4. The highest BCUT2D eigenvalue weighted by Gasteiger charge is 2.08. The molecule has 1 atom stereocenters. The summed E-state index contributed by atoms with van der Waals surface area (Å²) in [6, 6.07) is 4.37. The van der Waals surface area contributed by atoms with E-state index in [1.54, 1.807) is 6.07 Å². The molecule has 0 aliphatic heterocycles. The predicted molar refractivity (Wildman–Crippen MR) is 60.6 cm³/mol. The highest BCUT2D eigenvalue weighted by molar-refractivity contribution is 9.11. The largest absolute Gasteiger partial charge is 0.488 e. The number of aliphatic hydroxyl groups excluding tert-OH is 1. The minimum absolute atomic E-state index is 0.264. The Balaban J connectivity index is 2.77. The molecule has 0 saturated carbocycles. The van der Waals surface area contributed by atoms with Gasteiger partial charge in [-0.3, -0.25) is 0 Å². The second-order valence-electron chi connectivity index (χ2n) is 3.17. The minimum Gasteiger partial charge on any atom is -0.488 e. The first-order chi connectivity index (χ1) is 7.00. The third kappa shape index (κ3) is 3.64. The van der Waals surface area contributed by atoms with Gasteiger partial charge < -0.3 is 9.84 Å². The summed E-state index contributed by atoms with van der Waals surface area (Å²) in [5.41, 5.74) is 0.264. The molecule has 15 heavy (non-hydrogen) atoms. The van der Waals surface area contributed by atoms with Crippen molar-refractivity contribution in [2.24, 2.45) is 0 Å². The first-order valence-corrected chi connectivity index (χ1v) is 5.23. The van der Waals surface area contributed by atoms with Crippen molar-refractivity contribution in [3.63, 3.8) is 0 Å². The molecule has 0 saturated heterocycles. The Bertz CT molecular complexity index is 364. The number of halogens is 2. The van der Waals surface area contributed by atoms with Gasteiger partial charge in [-0.1, -0.05) is 22.5 Å². The topological polar surface area (TPSA) is 29.5 Å². The van der Waals surface area contributed by atoms with Crippen LogP contribution >= 0.6 is 15.9 Å². The van der Waals surface area contributed by atoms with Gasteiger partial charge in [0, 0.05) is 16.1 Å². The summed E-state index contributed by atoms with van der Waals surface area (Å²) < 4.78 is 19.2. The zero-order valence-corrected chi connectivity index (χ0v) is 9.92. The molecule has 1 N–H and O–H groups in total. The summed E-state index contributed by atoms with van der Waals surface area (Å²) >= 11 is 3.13. The predicted octanol–water partition coefficient (Wildman–Crippen LogP) is 3.17. The van der Waals surface area contributed by atoms with Crippen molar-refractivity contribution in [2.45, 2.75) is 13.0 Å². The molecule has 0 aromatic heterocycles. The third-order valence-electron chi connectivity index (χ3n) is 1.82. The Morgan fingerprint density at radius 3 is 2.80 bits per heavy atom. The monoisotopic (exact) mass is 274 g/mol. The van der Waals surface area contributed by atoms with Gasteiger partial charge in [0.2, 0.25) is 0 Å². The average molecular weight is 275 g/mol. The maximum absolute atomic E-state index is 13.4. The zero-order valence-electron chi connectivity index (χ0n) is 8.34. The van der Waals surface area contributed by atoms with Gasteiger partial charge in [0.1, 0.15) is 18.2 Å². The van der Waals surface area contributed by atoms with E-state index in [-0.39, 0.29) is 12.2 Å². The second-order valence-corrected chi connectivity index (χ2v) is 4.29. The maximum Gasteiger partial charge on any atom is 0.132 e. The summed E-state index contributed by atoms with van der Waals surface area (Å²) in [5, 5.41) is 9.21. The SMILES string of the molecule is C=C(Br)COc1ccc([C@H](C)O)c(F)c1. The standard InChI is InChI=1S/C11H12BrFO2/c1-7(12)6-15-9-3-4-10(8(2)14)11(13)5-9/h3-5,8,14H,1,6H2,2H3/t8-/m0/s1. The summed E-state index contributed by atoms with van der Waals surface area (Å²) in [4.78, 5) is 0. The molecule has 0 amide bonds. The molecular weight excluding hydrogens is 263 g/mol. The highest BCUT2D eigenvalue weighted by Crippen LogP contribution is 2.22. The molecule has 0 spiro atoms. The van der Waals surface area contributed by atoms with Crippen molar-refractivity contribution in [3.05, 3.63) is 40.6 Å². The van der Waals surface area contributed by atoms with Crippen molar-refractivity contribution in [1.82, 2.24) is 0 Å². The Labute approximate surface area is 96.5 Å². The summed E-state index contributed by atoms with van der Waals surface area (Å²) in [7, 11) is 0. The summed E-state index contributed by atoms with van der Waals surface area (Å²) in [6.07, 6.45) is -0.815. The van der Waals surface area contributed by atoms with Crippen molar-refractivity contribution in [3.8, 4) is 5.75 Å². The first kappa shape index (κ1) is 12.2. The number of ether oxygens (including phenoxy) is 1. The number of aliphatic hydroxyl groups is 1. The quantitative estimate of drug-likeness (QED) is 0.914. The third-order valence-corrected chi connectivity index (χ3v) is 2.05. The number of hydrogen-bond donors (Lipinski definition) is 1. The van der Waals surface area contributed by atoms with E-state index in [9.17, 15) is 9.50 Å². The van der Waals surface area contributed by atoms with E-state index in [1.165, 1.54) is 19.1 Å². The molecule has 1 aromatic carbocycles. The van der Waals surface area contributed by atoms with Crippen LogP contribution in [0.1, 0.15) is 18.6 Å². The molecule has 0 aliphatic rings. The lowest BCUT2D eigenvalue weighted by atomic mass is 10.1. The van der Waals surface area contributed by atoms with E-state index < -0.39 is 11.9 Å². The van der Waals surface area contributed by atoms with Crippen LogP contribution in [0.4, 0.5) is 4.39 Å². The van der Waals surface area contributed by atoms with Crippen LogP contribution in [0.5, 0.6) is 5.75 Å². The van der Waals surface area contributed by atoms with Crippen LogP contribution in [-0.4, -0.2) is 11.7 Å². The fourth-order valence-corrected chi connectivity index (χ4v) is 1.21. The molecule has 0 heterocycles. The van der Waals surface area contributed by atoms with Gasteiger partial charge in [-0.25, -0.2) is 4.39 Å². The molecule has 0 bridgehead atoms. The average Bonchev–Trinajstić information content (AvgIpc) is 2.14. The molecule has 1 aromatic rings. The molecule has 1 rings (SSSR count). The van der Waals surface area contributed by atoms with Gasteiger partial charge in [-0.05, 0) is 19.1 Å². The van der Waals surface area contributed by atoms with Crippen molar-refractivity contribution in [1.29, 1.82) is 0 Å². The van der Waals surface area contributed by atoms with Gasteiger partial charge in [-0.2, -0.15) is 0 Å². The van der Waals surface area contributed by atoms with Gasteiger partial charge in [-0.15, -0.1) is 0 Å². The van der Waals surface area contributed by atoms with E-state index in [0.717, 1.165) is 0 Å². The second kappa shape index (κ2) is 5.28. The molecule has 0 radical (unpaired) electrons. The molecule has 4 heteroatoms. The first-order valence-electron chi connectivity index (χ1n) is 4.44. The van der Waals surface area contributed by atoms with Gasteiger partial charge in [0.25, 0.3) is 0 Å². The van der Waals surface area contributed by atoms with E-state index in [2.05, 4.69) is 22.5 Å². The number of hydrogen-bond acceptors (Lipinski definition) is 2. The van der Waals surface area contributed by atoms with Crippen molar-refractivity contribution < 1.29 is 14.2 Å². The number of benzene rings is 1. The molecule has 2 nitrogen and oxygen atoms in total. The van der Waals surface area contributed by atoms with E-state index in [4.69, 9.17) is 4.74 Å². The lowest BCUT2D eigenvalue weighted by Crippen LogP contribution is -1.99. The van der Waals surface area contributed by atoms with Crippen molar-refractivity contribution in [2.75, 3.05) is 6.61 Å².